The lowest BCUT2D eigenvalue weighted by Gasteiger charge is -2.18. The molecule has 6 nitrogen and oxygen atoms in total. The molecular weight excluding hydrogens is 452 g/mol. The van der Waals surface area contributed by atoms with Gasteiger partial charge in [-0.15, -0.1) is 0 Å². The predicted octanol–water partition coefficient (Wildman–Crippen LogP) is 5.89. The average Bonchev–Trinajstić information content (AvgIpc) is 2.88. The van der Waals surface area contributed by atoms with Gasteiger partial charge in [0.15, 0.2) is 12.2 Å². The van der Waals surface area contributed by atoms with Crippen molar-refractivity contribution in [3.05, 3.63) is 59.7 Å². The van der Waals surface area contributed by atoms with Gasteiger partial charge < -0.3 is 20.1 Å². The molecule has 0 saturated carbocycles. The number of rotatable bonds is 17. The van der Waals surface area contributed by atoms with E-state index >= 15 is 0 Å². The van der Waals surface area contributed by atoms with E-state index in [1.807, 2.05) is 76.2 Å². The van der Waals surface area contributed by atoms with Crippen molar-refractivity contribution < 1.29 is 19.1 Å². The number of nitrogens with one attached hydrogen (secondary N) is 2. The van der Waals surface area contributed by atoms with E-state index in [1.165, 1.54) is 0 Å². The van der Waals surface area contributed by atoms with Gasteiger partial charge in [0, 0.05) is 13.1 Å². The highest BCUT2D eigenvalue weighted by Crippen LogP contribution is 2.20. The minimum Gasteiger partial charge on any atom is -0.480 e. The van der Waals surface area contributed by atoms with Crippen LogP contribution in [0.15, 0.2) is 48.5 Å². The van der Waals surface area contributed by atoms with Crippen molar-refractivity contribution in [1.82, 2.24) is 10.6 Å². The van der Waals surface area contributed by atoms with Crippen LogP contribution in [0.5, 0.6) is 11.5 Å². The maximum atomic E-state index is 12.5. The van der Waals surface area contributed by atoms with Crippen LogP contribution in [0.25, 0.3) is 0 Å². The quantitative estimate of drug-likeness (QED) is 0.268. The maximum absolute atomic E-state index is 12.5. The molecule has 0 radical (unpaired) electrons. The Morgan fingerprint density at radius 1 is 0.639 bits per heavy atom. The zero-order valence-corrected chi connectivity index (χ0v) is 22.5. The standard InChI is InChI=1S/C30H44N2O4/c1-5-25(35-27-19-13-11-17-23(27)3)29(33)31-21-15-9-7-8-10-16-22-32-30(34)26(6-2)36-28-20-14-12-18-24(28)4/h11-14,17-20,25-26H,5-10,15-16,21-22H2,1-4H3,(H,31,33)(H,32,34). The molecule has 0 bridgehead atoms. The van der Waals surface area contributed by atoms with Crippen LogP contribution in [0.2, 0.25) is 0 Å². The molecule has 2 aromatic rings. The summed E-state index contributed by atoms with van der Waals surface area (Å²) in [5, 5.41) is 6.02. The van der Waals surface area contributed by atoms with Crippen LogP contribution < -0.4 is 20.1 Å². The number of hydrogen-bond donors (Lipinski definition) is 2. The van der Waals surface area contributed by atoms with E-state index in [4.69, 9.17) is 9.47 Å². The van der Waals surface area contributed by atoms with Crippen LogP contribution in [-0.4, -0.2) is 37.1 Å². The van der Waals surface area contributed by atoms with Gasteiger partial charge in [-0.25, -0.2) is 0 Å². The van der Waals surface area contributed by atoms with Gasteiger partial charge in [0.05, 0.1) is 0 Å². The fourth-order valence-corrected chi connectivity index (χ4v) is 3.94. The predicted molar refractivity (Wildman–Crippen MR) is 145 cm³/mol. The molecule has 2 atom stereocenters. The lowest BCUT2D eigenvalue weighted by molar-refractivity contribution is -0.128. The number of amides is 2. The molecule has 0 heterocycles. The molecule has 0 spiro atoms. The van der Waals surface area contributed by atoms with E-state index in [0.717, 1.165) is 61.2 Å². The molecule has 2 N–H and O–H groups in total. The van der Waals surface area contributed by atoms with Crippen LogP contribution in [0.4, 0.5) is 0 Å². The second kappa shape index (κ2) is 16.6. The minimum absolute atomic E-state index is 0.0479. The average molecular weight is 497 g/mol. The number of aryl methyl sites for hydroxylation is 2. The van der Waals surface area contributed by atoms with Crippen LogP contribution in [0, 0.1) is 13.8 Å². The van der Waals surface area contributed by atoms with Gasteiger partial charge in [0.1, 0.15) is 11.5 Å². The molecule has 0 aliphatic carbocycles. The summed E-state index contributed by atoms with van der Waals surface area (Å²) in [4.78, 5) is 24.9. The monoisotopic (exact) mass is 496 g/mol. The molecule has 0 aromatic heterocycles. The Balaban J connectivity index is 1.51. The molecule has 2 amide bonds. The number of carbonyl (C=O) groups is 2. The van der Waals surface area contributed by atoms with Crippen molar-refractivity contribution >= 4 is 11.8 Å². The molecule has 2 unspecified atom stereocenters. The number of unbranched alkanes of at least 4 members (excludes halogenated alkanes) is 5. The number of carbonyl (C=O) groups excluding carboxylic acids is 2. The summed E-state index contributed by atoms with van der Waals surface area (Å²) in [6.45, 7) is 9.23. The van der Waals surface area contributed by atoms with Crippen molar-refractivity contribution in [1.29, 1.82) is 0 Å². The first kappa shape index (κ1) is 29.2. The summed E-state index contributed by atoms with van der Waals surface area (Å²) in [6, 6.07) is 15.5. The highest BCUT2D eigenvalue weighted by molar-refractivity contribution is 5.81. The Morgan fingerprint density at radius 3 is 1.36 bits per heavy atom. The van der Waals surface area contributed by atoms with Gasteiger partial charge in [-0.2, -0.15) is 0 Å². The Bertz CT molecular complexity index is 855. The van der Waals surface area contributed by atoms with E-state index in [0.29, 0.717) is 25.9 Å². The number of benzene rings is 2. The first-order valence-corrected chi connectivity index (χ1v) is 13.5. The summed E-state index contributed by atoms with van der Waals surface area (Å²) in [6.07, 6.45) is 6.64. The largest absolute Gasteiger partial charge is 0.480 e. The van der Waals surface area contributed by atoms with Crippen LogP contribution in [-0.2, 0) is 9.59 Å². The molecule has 198 valence electrons. The first-order chi connectivity index (χ1) is 17.5. The fourth-order valence-electron chi connectivity index (χ4n) is 3.94. The van der Waals surface area contributed by atoms with Crippen LogP contribution in [0.3, 0.4) is 0 Å². The SMILES string of the molecule is CCC(Oc1ccccc1C)C(=O)NCCCCCCCCNC(=O)C(CC)Oc1ccccc1C. The Morgan fingerprint density at radius 2 is 1.00 bits per heavy atom. The Kier molecular flexibility index (Phi) is 13.5. The summed E-state index contributed by atoms with van der Waals surface area (Å²) < 4.78 is 11.8. The fraction of sp³-hybridized carbons (Fsp3) is 0.533. The van der Waals surface area contributed by atoms with Gasteiger partial charge in [0.2, 0.25) is 0 Å². The topological polar surface area (TPSA) is 76.7 Å². The minimum atomic E-state index is -0.462. The molecule has 0 saturated heterocycles. The maximum Gasteiger partial charge on any atom is 0.261 e. The number of hydrogen-bond acceptors (Lipinski definition) is 4. The van der Waals surface area contributed by atoms with Gasteiger partial charge in [0.25, 0.3) is 11.8 Å². The molecule has 0 aliphatic heterocycles. The molecule has 0 fully saturated rings. The van der Waals surface area contributed by atoms with Crippen LogP contribution >= 0.6 is 0 Å². The molecular formula is C30H44N2O4. The lowest BCUT2D eigenvalue weighted by Crippen LogP contribution is -2.38. The Hall–Kier alpha value is -3.02. The van der Waals surface area contributed by atoms with Gasteiger partial charge in [-0.1, -0.05) is 75.9 Å². The first-order valence-electron chi connectivity index (χ1n) is 13.5. The van der Waals surface area contributed by atoms with Gasteiger partial charge in [-0.3, -0.25) is 9.59 Å². The molecule has 2 aromatic carbocycles. The smallest absolute Gasteiger partial charge is 0.261 e. The molecule has 36 heavy (non-hydrogen) atoms. The van der Waals surface area contributed by atoms with Crippen molar-refractivity contribution in [3.63, 3.8) is 0 Å². The molecule has 2 rings (SSSR count). The second-order valence-electron chi connectivity index (χ2n) is 9.26. The van der Waals surface area contributed by atoms with E-state index in [2.05, 4.69) is 10.6 Å². The van der Waals surface area contributed by atoms with Gasteiger partial charge >= 0.3 is 0 Å². The Labute approximate surface area is 217 Å². The van der Waals surface area contributed by atoms with E-state index in [9.17, 15) is 9.59 Å². The molecule has 0 aliphatic rings. The highest BCUT2D eigenvalue weighted by Gasteiger charge is 2.19. The van der Waals surface area contributed by atoms with Crippen molar-refractivity contribution in [2.75, 3.05) is 13.1 Å². The van der Waals surface area contributed by atoms with Crippen molar-refractivity contribution in [3.8, 4) is 11.5 Å². The normalized spacial score (nSPS) is 12.4. The van der Waals surface area contributed by atoms with E-state index < -0.39 is 12.2 Å². The van der Waals surface area contributed by atoms with Gasteiger partial charge in [-0.05, 0) is 62.8 Å². The third-order valence-electron chi connectivity index (χ3n) is 6.25. The van der Waals surface area contributed by atoms with E-state index in [1.54, 1.807) is 0 Å². The van der Waals surface area contributed by atoms with E-state index in [-0.39, 0.29) is 11.8 Å². The third kappa shape index (κ3) is 10.3. The van der Waals surface area contributed by atoms with Crippen molar-refractivity contribution in [2.24, 2.45) is 0 Å². The zero-order valence-electron chi connectivity index (χ0n) is 22.5. The summed E-state index contributed by atoms with van der Waals surface area (Å²) in [5.41, 5.74) is 2.06. The lowest BCUT2D eigenvalue weighted by atomic mass is 10.1. The van der Waals surface area contributed by atoms with Crippen molar-refractivity contribution in [2.45, 2.75) is 91.3 Å². The number of ether oxygens (including phenoxy) is 2. The summed E-state index contributed by atoms with van der Waals surface area (Å²) in [7, 11) is 0. The summed E-state index contributed by atoms with van der Waals surface area (Å²) in [5.74, 6) is 1.43. The summed E-state index contributed by atoms with van der Waals surface area (Å²) >= 11 is 0. The zero-order chi connectivity index (χ0) is 26.2. The second-order valence-corrected chi connectivity index (χ2v) is 9.26. The number of para-hydroxylation sites is 2. The third-order valence-corrected chi connectivity index (χ3v) is 6.25. The van der Waals surface area contributed by atoms with Crippen LogP contribution in [0.1, 0.15) is 76.3 Å². The highest BCUT2D eigenvalue weighted by atomic mass is 16.5. The molecule has 6 heteroatoms.